The highest BCUT2D eigenvalue weighted by Gasteiger charge is 2.21. The van der Waals surface area contributed by atoms with E-state index in [1.807, 2.05) is 21.1 Å². The highest BCUT2D eigenvalue weighted by Crippen LogP contribution is 2.38. The van der Waals surface area contributed by atoms with Gasteiger partial charge in [-0.15, -0.1) is 0 Å². The molecule has 10 heteroatoms. The Morgan fingerprint density at radius 2 is 0.983 bits per heavy atom. The van der Waals surface area contributed by atoms with Gasteiger partial charge in [-0.1, -0.05) is 137 Å². The molecule has 0 saturated carbocycles. The monoisotopic (exact) mass is 832 g/mol. The van der Waals surface area contributed by atoms with Crippen LogP contribution in [0.5, 0.6) is 0 Å². The number of likely N-dealkylation sites (N-methyl/N-ethyl adjacent to an activating group) is 1. The average molecular weight is 832 g/mol. The zero-order valence-electron chi connectivity index (χ0n) is 37.2. The molecule has 0 aromatic carbocycles. The highest BCUT2D eigenvalue weighted by molar-refractivity contribution is 7.45. The smallest absolute Gasteiger partial charge is 0.306 e. The van der Waals surface area contributed by atoms with Gasteiger partial charge in [0.15, 0.2) is 6.10 Å². The van der Waals surface area contributed by atoms with E-state index in [1.165, 1.54) is 38.5 Å². The number of rotatable bonds is 39. The predicted octanol–water partition coefficient (Wildman–Crippen LogP) is 12.2. The summed E-state index contributed by atoms with van der Waals surface area (Å²) >= 11 is 0. The number of allylic oxidation sites excluding steroid dienone is 14. The quantitative estimate of drug-likeness (QED) is 0.0198. The third kappa shape index (κ3) is 42.8. The van der Waals surface area contributed by atoms with E-state index in [0.717, 1.165) is 77.0 Å². The van der Waals surface area contributed by atoms with E-state index in [4.69, 9.17) is 18.5 Å². The molecule has 0 fully saturated rings. The fourth-order valence-electron chi connectivity index (χ4n) is 5.41. The molecule has 0 aromatic heterocycles. The molecule has 0 radical (unpaired) electrons. The van der Waals surface area contributed by atoms with Gasteiger partial charge in [0.1, 0.15) is 19.8 Å². The maximum absolute atomic E-state index is 12.7. The third-order valence-corrected chi connectivity index (χ3v) is 9.86. The van der Waals surface area contributed by atoms with Gasteiger partial charge in [-0.2, -0.15) is 0 Å². The molecule has 1 unspecified atom stereocenters. The van der Waals surface area contributed by atoms with Gasteiger partial charge in [-0.05, 0) is 89.9 Å². The van der Waals surface area contributed by atoms with Gasteiger partial charge in [0.2, 0.25) is 0 Å². The Kier molecular flexibility index (Phi) is 37.7. The summed E-state index contributed by atoms with van der Waals surface area (Å²) in [6, 6.07) is 0. The fourth-order valence-corrected chi connectivity index (χ4v) is 6.14. The summed E-state index contributed by atoms with van der Waals surface area (Å²) in [6.45, 7) is 4.00. The molecule has 0 amide bonds. The Hall–Kier alpha value is -2.81. The van der Waals surface area contributed by atoms with Crippen LogP contribution in [0.3, 0.4) is 0 Å². The normalized spacial score (nSPS) is 14.4. The van der Waals surface area contributed by atoms with Gasteiger partial charge in [0.25, 0.3) is 7.82 Å². The molecule has 0 heterocycles. The second kappa shape index (κ2) is 39.6. The summed E-state index contributed by atoms with van der Waals surface area (Å²) in [7, 11) is 1.11. The fraction of sp³-hybridized carbons (Fsp3) is 0.667. The summed E-state index contributed by atoms with van der Waals surface area (Å²) in [5, 5.41) is 0. The van der Waals surface area contributed by atoms with Crippen molar-refractivity contribution in [2.45, 2.75) is 161 Å². The van der Waals surface area contributed by atoms with Crippen LogP contribution in [0.15, 0.2) is 85.1 Å². The number of phosphoric ester groups is 1. The number of carbonyl (C=O) groups is 2. The number of esters is 2. The number of hydrogen-bond donors (Lipinski definition) is 0. The third-order valence-electron chi connectivity index (χ3n) is 8.90. The molecule has 0 saturated heterocycles. The molecule has 0 bridgehead atoms. The minimum absolute atomic E-state index is 0.0469. The van der Waals surface area contributed by atoms with E-state index in [0.29, 0.717) is 23.9 Å². The van der Waals surface area contributed by atoms with Gasteiger partial charge in [0, 0.05) is 12.8 Å². The van der Waals surface area contributed by atoms with Crippen LogP contribution in [0.2, 0.25) is 0 Å². The van der Waals surface area contributed by atoms with E-state index in [1.54, 1.807) is 0 Å². The van der Waals surface area contributed by atoms with Crippen LogP contribution in [0.1, 0.15) is 155 Å². The number of nitrogens with zero attached hydrogens (tertiary/aromatic N) is 1. The molecule has 0 N–H and O–H groups in total. The lowest BCUT2D eigenvalue weighted by Crippen LogP contribution is -2.37. The lowest BCUT2D eigenvalue weighted by Gasteiger charge is -2.28. The lowest BCUT2D eigenvalue weighted by atomic mass is 10.1. The van der Waals surface area contributed by atoms with Crippen molar-refractivity contribution in [1.29, 1.82) is 0 Å². The zero-order valence-corrected chi connectivity index (χ0v) is 38.1. The van der Waals surface area contributed by atoms with Gasteiger partial charge in [-0.25, -0.2) is 0 Å². The minimum Gasteiger partial charge on any atom is -0.756 e. The van der Waals surface area contributed by atoms with Crippen molar-refractivity contribution in [3.8, 4) is 0 Å². The summed E-state index contributed by atoms with van der Waals surface area (Å²) in [5.74, 6) is -0.919. The molecule has 9 nitrogen and oxygen atoms in total. The van der Waals surface area contributed by atoms with E-state index >= 15 is 0 Å². The van der Waals surface area contributed by atoms with Crippen LogP contribution < -0.4 is 4.89 Å². The number of unbranched alkanes of at least 4 members (excludes halogenated alkanes) is 11. The maximum Gasteiger partial charge on any atom is 0.306 e. The first kappa shape index (κ1) is 55.2. The molecular formula is C48H82NO8P. The van der Waals surface area contributed by atoms with Crippen LogP contribution >= 0.6 is 7.82 Å². The second-order valence-corrected chi connectivity index (χ2v) is 17.1. The number of hydrogen-bond acceptors (Lipinski definition) is 8. The van der Waals surface area contributed by atoms with Crippen molar-refractivity contribution in [2.24, 2.45) is 0 Å². The largest absolute Gasteiger partial charge is 0.756 e. The number of ether oxygens (including phenoxy) is 2. The lowest BCUT2D eigenvalue weighted by molar-refractivity contribution is -0.870. The number of carbonyl (C=O) groups excluding carboxylic acids is 2. The first-order valence-corrected chi connectivity index (χ1v) is 23.8. The van der Waals surface area contributed by atoms with Crippen molar-refractivity contribution in [3.05, 3.63) is 85.1 Å². The van der Waals surface area contributed by atoms with Crippen LogP contribution in [0, 0.1) is 0 Å². The van der Waals surface area contributed by atoms with Gasteiger partial charge in [-0.3, -0.25) is 14.2 Å². The molecule has 0 rings (SSSR count). The Bertz CT molecular complexity index is 1260. The molecule has 0 aliphatic rings. The van der Waals surface area contributed by atoms with Crippen molar-refractivity contribution in [2.75, 3.05) is 47.5 Å². The van der Waals surface area contributed by atoms with Crippen LogP contribution in [0.4, 0.5) is 0 Å². The minimum atomic E-state index is -4.65. The van der Waals surface area contributed by atoms with Crippen molar-refractivity contribution >= 4 is 19.8 Å². The number of phosphoric acid groups is 1. The molecule has 0 aliphatic heterocycles. The maximum atomic E-state index is 12.7. The standard InChI is InChI=1S/C48H82NO8P/c1-6-8-10-12-14-16-18-20-22-23-24-25-27-28-30-32-34-36-38-40-47(50)54-44-46(45-56-58(52,53)55-43-42-49(3,4)5)57-48(51)41-39-37-35-33-31-29-26-21-19-17-15-13-11-9-7-2/h8,10,14,16,20-22,24-26,28,30-31,33,46H,6-7,9,11-13,15,17-19,23,27,29,32,34-45H2,1-5H3/b10-8+,16-14+,22-20+,25-24+,26-21+,30-28+,33-31+/t46-/m1/s1. The molecule has 0 aromatic rings. The van der Waals surface area contributed by atoms with Crippen molar-refractivity contribution < 1.29 is 42.1 Å². The molecule has 2 atom stereocenters. The summed E-state index contributed by atoms with van der Waals surface area (Å²) in [5.41, 5.74) is 0. The van der Waals surface area contributed by atoms with Crippen molar-refractivity contribution in [1.82, 2.24) is 0 Å². The summed E-state index contributed by atoms with van der Waals surface area (Å²) in [6.07, 6.45) is 50.4. The topological polar surface area (TPSA) is 111 Å². The van der Waals surface area contributed by atoms with E-state index < -0.39 is 32.5 Å². The van der Waals surface area contributed by atoms with E-state index in [2.05, 4.69) is 98.9 Å². The zero-order chi connectivity index (χ0) is 42.8. The van der Waals surface area contributed by atoms with Crippen LogP contribution in [-0.4, -0.2) is 70.0 Å². The van der Waals surface area contributed by atoms with Crippen molar-refractivity contribution in [3.63, 3.8) is 0 Å². The SMILES string of the molecule is CC/C=C/C/C=C/C/C=C/C/C=C/C/C=C/CCCCCC(=O)OC[C@H](COP(=O)([O-])OCC[N+](C)(C)C)OC(=O)CCCC/C=C/C/C=C/CCCCCCCC. The van der Waals surface area contributed by atoms with Gasteiger partial charge in [0.05, 0.1) is 27.7 Å². The Balaban J connectivity index is 4.48. The molecule has 0 aliphatic carbocycles. The van der Waals surface area contributed by atoms with Gasteiger partial charge >= 0.3 is 11.9 Å². The van der Waals surface area contributed by atoms with E-state index in [9.17, 15) is 19.0 Å². The summed E-state index contributed by atoms with van der Waals surface area (Å²) in [4.78, 5) is 37.5. The molecule has 332 valence electrons. The molecule has 0 spiro atoms. The second-order valence-electron chi connectivity index (χ2n) is 15.7. The molecular weight excluding hydrogens is 750 g/mol. The van der Waals surface area contributed by atoms with E-state index in [-0.39, 0.29) is 26.1 Å². The Morgan fingerprint density at radius 3 is 1.50 bits per heavy atom. The van der Waals surface area contributed by atoms with Crippen LogP contribution in [-0.2, 0) is 32.7 Å². The number of quaternary nitrogens is 1. The van der Waals surface area contributed by atoms with Crippen LogP contribution in [0.25, 0.3) is 0 Å². The Morgan fingerprint density at radius 1 is 0.552 bits per heavy atom. The summed E-state index contributed by atoms with van der Waals surface area (Å²) < 4.78 is 33.8. The average Bonchev–Trinajstić information content (AvgIpc) is 3.17. The van der Waals surface area contributed by atoms with Gasteiger partial charge < -0.3 is 27.9 Å². The predicted molar refractivity (Wildman–Crippen MR) is 240 cm³/mol. The highest BCUT2D eigenvalue weighted by atomic mass is 31.2. The first-order valence-electron chi connectivity index (χ1n) is 22.3. The molecule has 58 heavy (non-hydrogen) atoms. The Labute approximate surface area is 354 Å². The first-order chi connectivity index (χ1) is 28.0.